The number of carbonyl (C=O) groups excluding carboxylic acids is 1. The topological polar surface area (TPSA) is 78.4 Å². The van der Waals surface area contributed by atoms with Gasteiger partial charge in [0.1, 0.15) is 0 Å². The van der Waals surface area contributed by atoms with Gasteiger partial charge in [-0.3, -0.25) is 4.79 Å². The van der Waals surface area contributed by atoms with Crippen molar-refractivity contribution in [1.29, 1.82) is 0 Å². The van der Waals surface area contributed by atoms with Crippen LogP contribution in [-0.2, 0) is 6.54 Å². The number of aromatic carboxylic acids is 1. The maximum absolute atomic E-state index is 11.5. The predicted octanol–water partition coefficient (Wildman–Crippen LogP) is 2.73. The summed E-state index contributed by atoms with van der Waals surface area (Å²) in [6.07, 6.45) is 0. The van der Waals surface area contributed by atoms with Gasteiger partial charge in [0.15, 0.2) is 0 Å². The van der Waals surface area contributed by atoms with E-state index >= 15 is 0 Å². The van der Waals surface area contributed by atoms with Crippen molar-refractivity contribution in [1.82, 2.24) is 5.32 Å². The molecule has 0 saturated carbocycles. The fourth-order valence-corrected chi connectivity index (χ4v) is 2.71. The largest absolute Gasteiger partial charge is 0.478 e. The van der Waals surface area contributed by atoms with Crippen LogP contribution in [0.5, 0.6) is 0 Å². The van der Waals surface area contributed by atoms with Gasteiger partial charge in [-0.25, -0.2) is 4.79 Å². The highest BCUT2D eigenvalue weighted by atomic mass is 32.1. The van der Waals surface area contributed by atoms with Crippen LogP contribution in [0.25, 0.3) is 0 Å². The maximum atomic E-state index is 11.5. The van der Waals surface area contributed by atoms with Gasteiger partial charge in [0.2, 0.25) is 0 Å². The first-order chi connectivity index (χ1) is 10.0. The fraction of sp³-hybridized carbons (Fsp3) is 0.200. The van der Waals surface area contributed by atoms with E-state index in [4.69, 9.17) is 5.11 Å². The summed E-state index contributed by atoms with van der Waals surface area (Å²) in [5, 5.41) is 16.3. The third kappa shape index (κ3) is 3.61. The second-order valence-electron chi connectivity index (χ2n) is 4.57. The second-order valence-corrected chi connectivity index (χ2v) is 5.57. The average molecular weight is 304 g/mol. The Balaban J connectivity index is 2.06. The van der Waals surface area contributed by atoms with Crippen LogP contribution in [-0.4, -0.2) is 24.0 Å². The molecule has 6 heteroatoms. The molecule has 5 nitrogen and oxygen atoms in total. The summed E-state index contributed by atoms with van der Waals surface area (Å²) in [6.45, 7) is 2.48. The van der Waals surface area contributed by atoms with Gasteiger partial charge in [0.05, 0.1) is 5.56 Å². The van der Waals surface area contributed by atoms with Gasteiger partial charge >= 0.3 is 5.97 Å². The molecule has 1 amide bonds. The number of nitrogens with one attached hydrogen (secondary N) is 2. The minimum absolute atomic E-state index is 0.117. The Morgan fingerprint density at radius 3 is 2.57 bits per heavy atom. The lowest BCUT2D eigenvalue weighted by atomic mass is 10.1. The van der Waals surface area contributed by atoms with Gasteiger partial charge in [0, 0.05) is 35.1 Å². The zero-order valence-corrected chi connectivity index (χ0v) is 12.6. The van der Waals surface area contributed by atoms with E-state index in [0.29, 0.717) is 17.7 Å². The Morgan fingerprint density at radius 1 is 1.24 bits per heavy atom. The quantitative estimate of drug-likeness (QED) is 0.793. The summed E-state index contributed by atoms with van der Waals surface area (Å²) in [7, 11) is 1.60. The Kier molecular flexibility index (Phi) is 4.59. The standard InChI is InChI=1S/C15H16N2O3S/c1-9-5-10(14(18)16-2)3-4-13(9)17-7-12-6-11(8-21-12)15(19)20/h3-6,8,17H,7H2,1-2H3,(H,16,18)(H,19,20). The number of benzene rings is 1. The van der Waals surface area contributed by atoms with Crippen molar-refractivity contribution in [3.63, 3.8) is 0 Å². The molecule has 0 aliphatic heterocycles. The molecule has 2 aromatic rings. The normalized spacial score (nSPS) is 10.2. The van der Waals surface area contributed by atoms with Crippen LogP contribution in [0.15, 0.2) is 29.6 Å². The lowest BCUT2D eigenvalue weighted by Crippen LogP contribution is -2.17. The van der Waals surface area contributed by atoms with Crippen molar-refractivity contribution in [2.24, 2.45) is 0 Å². The van der Waals surface area contributed by atoms with Crippen LogP contribution in [0.4, 0.5) is 5.69 Å². The van der Waals surface area contributed by atoms with E-state index in [-0.39, 0.29) is 5.91 Å². The van der Waals surface area contributed by atoms with Crippen LogP contribution < -0.4 is 10.6 Å². The number of carbonyl (C=O) groups is 2. The van der Waals surface area contributed by atoms with Crippen LogP contribution >= 0.6 is 11.3 Å². The molecule has 21 heavy (non-hydrogen) atoms. The molecule has 0 spiro atoms. The monoisotopic (exact) mass is 304 g/mol. The molecule has 2 rings (SSSR count). The van der Waals surface area contributed by atoms with E-state index in [1.807, 2.05) is 19.1 Å². The summed E-state index contributed by atoms with van der Waals surface area (Å²) < 4.78 is 0. The summed E-state index contributed by atoms with van der Waals surface area (Å²) in [5.74, 6) is -1.03. The summed E-state index contributed by atoms with van der Waals surface area (Å²) in [4.78, 5) is 23.3. The van der Waals surface area contributed by atoms with Crippen molar-refractivity contribution in [2.45, 2.75) is 13.5 Å². The third-order valence-electron chi connectivity index (χ3n) is 3.07. The summed E-state index contributed by atoms with van der Waals surface area (Å²) in [5.41, 5.74) is 2.81. The average Bonchev–Trinajstić information content (AvgIpc) is 2.94. The molecule has 0 fully saturated rings. The van der Waals surface area contributed by atoms with Gasteiger partial charge in [0.25, 0.3) is 5.91 Å². The van der Waals surface area contributed by atoms with Crippen LogP contribution in [0.2, 0.25) is 0 Å². The van der Waals surface area contributed by atoms with Crippen molar-refractivity contribution >= 4 is 28.9 Å². The van der Waals surface area contributed by atoms with Crippen LogP contribution in [0.3, 0.4) is 0 Å². The first kappa shape index (κ1) is 15.1. The molecule has 0 aliphatic rings. The first-order valence-electron chi connectivity index (χ1n) is 6.38. The van der Waals surface area contributed by atoms with Gasteiger partial charge in [-0.15, -0.1) is 11.3 Å². The van der Waals surface area contributed by atoms with Gasteiger partial charge in [-0.05, 0) is 36.8 Å². The number of aryl methyl sites for hydroxylation is 1. The molecule has 0 unspecified atom stereocenters. The number of carboxylic acid groups (broad SMARTS) is 1. The van der Waals surface area contributed by atoms with E-state index in [0.717, 1.165) is 16.1 Å². The Bertz CT molecular complexity index is 679. The molecule has 1 aromatic heterocycles. The molecular weight excluding hydrogens is 288 g/mol. The van der Waals surface area contributed by atoms with Crippen molar-refractivity contribution in [2.75, 3.05) is 12.4 Å². The SMILES string of the molecule is CNC(=O)c1ccc(NCc2cc(C(=O)O)cs2)c(C)c1. The Hall–Kier alpha value is -2.34. The smallest absolute Gasteiger partial charge is 0.336 e. The number of carboxylic acids is 1. The molecule has 0 saturated heterocycles. The molecule has 1 heterocycles. The maximum Gasteiger partial charge on any atom is 0.336 e. The molecule has 0 atom stereocenters. The zero-order valence-electron chi connectivity index (χ0n) is 11.8. The molecule has 3 N–H and O–H groups in total. The highest BCUT2D eigenvalue weighted by Gasteiger charge is 2.08. The predicted molar refractivity (Wildman–Crippen MR) is 83.2 cm³/mol. The zero-order chi connectivity index (χ0) is 15.4. The number of thiophene rings is 1. The van der Waals surface area contributed by atoms with Gasteiger partial charge < -0.3 is 15.7 Å². The molecule has 110 valence electrons. The number of anilines is 1. The number of hydrogen-bond acceptors (Lipinski definition) is 4. The van der Waals surface area contributed by atoms with Crippen molar-refractivity contribution < 1.29 is 14.7 Å². The highest BCUT2D eigenvalue weighted by molar-refractivity contribution is 7.10. The third-order valence-corrected chi connectivity index (χ3v) is 4.01. The van der Waals surface area contributed by atoms with E-state index in [1.165, 1.54) is 11.3 Å². The lowest BCUT2D eigenvalue weighted by Gasteiger charge is -2.10. The molecular formula is C15H16N2O3S. The molecule has 0 radical (unpaired) electrons. The second kappa shape index (κ2) is 6.41. The first-order valence-corrected chi connectivity index (χ1v) is 7.26. The summed E-state index contributed by atoms with van der Waals surface area (Å²) in [6, 6.07) is 7.09. The highest BCUT2D eigenvalue weighted by Crippen LogP contribution is 2.20. The minimum Gasteiger partial charge on any atom is -0.478 e. The van der Waals surface area contributed by atoms with E-state index in [1.54, 1.807) is 24.6 Å². The fourth-order valence-electron chi connectivity index (χ4n) is 1.92. The van der Waals surface area contributed by atoms with Crippen molar-refractivity contribution in [3.8, 4) is 0 Å². The van der Waals surface area contributed by atoms with Crippen LogP contribution in [0.1, 0.15) is 31.2 Å². The molecule has 1 aromatic carbocycles. The van der Waals surface area contributed by atoms with Gasteiger partial charge in [-0.2, -0.15) is 0 Å². The van der Waals surface area contributed by atoms with E-state index in [9.17, 15) is 9.59 Å². The lowest BCUT2D eigenvalue weighted by molar-refractivity contribution is 0.0697. The van der Waals surface area contributed by atoms with E-state index < -0.39 is 5.97 Å². The van der Waals surface area contributed by atoms with Gasteiger partial charge in [-0.1, -0.05) is 0 Å². The minimum atomic E-state index is -0.913. The molecule has 0 bridgehead atoms. The Labute approximate surface area is 126 Å². The van der Waals surface area contributed by atoms with E-state index in [2.05, 4.69) is 10.6 Å². The Morgan fingerprint density at radius 2 is 2.00 bits per heavy atom. The number of rotatable bonds is 5. The molecule has 0 aliphatic carbocycles. The summed E-state index contributed by atoms with van der Waals surface area (Å²) >= 11 is 1.41. The number of amides is 1. The number of hydrogen-bond donors (Lipinski definition) is 3. The van der Waals surface area contributed by atoms with Crippen LogP contribution in [0, 0.1) is 6.92 Å². The van der Waals surface area contributed by atoms with Crippen molar-refractivity contribution in [3.05, 3.63) is 51.2 Å².